The van der Waals surface area contributed by atoms with Gasteiger partial charge in [-0.25, -0.2) is 0 Å². The third-order valence-electron chi connectivity index (χ3n) is 8.59. The molecule has 2 fully saturated rings. The van der Waals surface area contributed by atoms with Crippen LogP contribution >= 0.6 is 0 Å². The van der Waals surface area contributed by atoms with Gasteiger partial charge in [0.05, 0.1) is 11.3 Å². The van der Waals surface area contributed by atoms with Gasteiger partial charge in [-0.3, -0.25) is 19.4 Å². The maximum atomic E-state index is 14.5. The summed E-state index contributed by atoms with van der Waals surface area (Å²) >= 11 is 0. The van der Waals surface area contributed by atoms with Crippen molar-refractivity contribution in [3.8, 4) is 0 Å². The van der Waals surface area contributed by atoms with Crippen LogP contribution in [0.5, 0.6) is 0 Å². The first kappa shape index (κ1) is 30.5. The van der Waals surface area contributed by atoms with Crippen molar-refractivity contribution in [2.75, 3.05) is 32.7 Å². The fourth-order valence-corrected chi connectivity index (χ4v) is 6.05. The molecule has 11 heteroatoms. The van der Waals surface area contributed by atoms with Gasteiger partial charge < -0.3 is 9.47 Å². The van der Waals surface area contributed by atoms with Crippen LogP contribution in [-0.2, 0) is 23.1 Å². The normalized spacial score (nSPS) is 20.0. The van der Waals surface area contributed by atoms with Crippen LogP contribution in [0.1, 0.15) is 49.1 Å². The van der Waals surface area contributed by atoms with E-state index in [0.29, 0.717) is 37.7 Å². The number of nitrogens with zero attached hydrogens (tertiary/aromatic N) is 6. The fourth-order valence-electron chi connectivity index (χ4n) is 6.05. The van der Waals surface area contributed by atoms with E-state index in [0.717, 1.165) is 53.3 Å². The molecule has 3 heterocycles. The first-order valence-electron chi connectivity index (χ1n) is 14.6. The van der Waals surface area contributed by atoms with Crippen LogP contribution in [0.2, 0.25) is 0 Å². The van der Waals surface area contributed by atoms with Crippen molar-refractivity contribution >= 4 is 11.8 Å². The maximum absolute atomic E-state index is 14.5. The summed E-state index contributed by atoms with van der Waals surface area (Å²) < 4.78 is 45.4. The molecular weight excluding hydrogens is 557 g/mol. The second kappa shape index (κ2) is 12.7. The highest BCUT2D eigenvalue weighted by Gasteiger charge is 2.40. The fraction of sp³-hybridized carbons (Fsp3) is 0.438. The molecule has 2 amide bonds. The standard InChI is InChI=1S/C32H37F3N6O2/c1-4-29(43)41-20-24(19-39-13-15-40(16-14-39)22(2)42)18-27(32(33,34)35)28(41)12-11-23-7-5-10-26(17-23)30(25-8-6-9-25)31-37-36-21-38(31)3/h4-5,7,10,12,17-18,20-21,25,30H,1,6,8-9,11,13-16,19H2,2-3H3/b28-12-/t30-/m0/s1. The summed E-state index contributed by atoms with van der Waals surface area (Å²) in [5, 5.41) is 8.44. The molecule has 3 aliphatic rings. The molecule has 2 aliphatic heterocycles. The Morgan fingerprint density at radius 1 is 1.16 bits per heavy atom. The van der Waals surface area contributed by atoms with E-state index in [9.17, 15) is 22.8 Å². The highest BCUT2D eigenvalue weighted by molar-refractivity contribution is 5.90. The van der Waals surface area contributed by atoms with E-state index < -0.39 is 17.7 Å². The Morgan fingerprint density at radius 3 is 2.49 bits per heavy atom. The van der Waals surface area contributed by atoms with Gasteiger partial charge >= 0.3 is 6.18 Å². The van der Waals surface area contributed by atoms with Crippen LogP contribution in [0.25, 0.3) is 0 Å². The molecule has 228 valence electrons. The van der Waals surface area contributed by atoms with Crippen molar-refractivity contribution in [1.29, 1.82) is 0 Å². The molecule has 8 nitrogen and oxygen atoms in total. The number of allylic oxidation sites excluding steroid dienone is 2. The number of rotatable bonds is 8. The Bertz CT molecular complexity index is 1460. The van der Waals surface area contributed by atoms with E-state index in [-0.39, 0.29) is 30.5 Å². The number of amides is 2. The summed E-state index contributed by atoms with van der Waals surface area (Å²) in [4.78, 5) is 29.3. The number of hydrogen-bond acceptors (Lipinski definition) is 5. The summed E-state index contributed by atoms with van der Waals surface area (Å²) in [7, 11) is 1.92. The maximum Gasteiger partial charge on any atom is 0.418 e. The van der Waals surface area contributed by atoms with Crippen molar-refractivity contribution in [3.05, 3.63) is 95.4 Å². The molecule has 1 saturated carbocycles. The summed E-state index contributed by atoms with van der Waals surface area (Å²) in [5.74, 6) is 0.699. The first-order chi connectivity index (χ1) is 20.5. The smallest absolute Gasteiger partial charge is 0.340 e. The van der Waals surface area contributed by atoms with Crippen molar-refractivity contribution in [2.24, 2.45) is 13.0 Å². The number of halogens is 3. The molecule has 1 aromatic carbocycles. The van der Waals surface area contributed by atoms with Crippen molar-refractivity contribution in [2.45, 2.75) is 44.7 Å². The third kappa shape index (κ3) is 6.82. The van der Waals surface area contributed by atoms with Crippen LogP contribution in [0, 0.1) is 5.92 Å². The lowest BCUT2D eigenvalue weighted by atomic mass is 9.72. The molecule has 5 rings (SSSR count). The zero-order chi connectivity index (χ0) is 30.7. The summed E-state index contributed by atoms with van der Waals surface area (Å²) in [6.07, 6.45) is 5.64. The number of hydrogen-bond donors (Lipinski definition) is 0. The van der Waals surface area contributed by atoms with Gasteiger partial charge in [-0.1, -0.05) is 43.3 Å². The molecule has 0 unspecified atom stereocenters. The molecule has 0 radical (unpaired) electrons. The van der Waals surface area contributed by atoms with Gasteiger partial charge in [-0.15, -0.1) is 10.2 Å². The Kier molecular flexibility index (Phi) is 9.00. The quantitative estimate of drug-likeness (QED) is 0.413. The monoisotopic (exact) mass is 594 g/mol. The molecule has 0 spiro atoms. The van der Waals surface area contributed by atoms with Crippen LogP contribution in [-0.4, -0.2) is 80.2 Å². The third-order valence-corrected chi connectivity index (χ3v) is 8.59. The van der Waals surface area contributed by atoms with Crippen molar-refractivity contribution < 1.29 is 22.8 Å². The zero-order valence-electron chi connectivity index (χ0n) is 24.6. The van der Waals surface area contributed by atoms with Crippen LogP contribution in [0.4, 0.5) is 13.2 Å². The Morgan fingerprint density at radius 2 is 1.91 bits per heavy atom. The Labute approximate surface area is 249 Å². The van der Waals surface area contributed by atoms with E-state index in [1.165, 1.54) is 19.2 Å². The van der Waals surface area contributed by atoms with E-state index >= 15 is 0 Å². The van der Waals surface area contributed by atoms with Gasteiger partial charge in [0.1, 0.15) is 12.2 Å². The predicted molar refractivity (Wildman–Crippen MR) is 156 cm³/mol. The van der Waals surface area contributed by atoms with Gasteiger partial charge in [0.2, 0.25) is 5.91 Å². The molecule has 1 aliphatic carbocycles. The lowest BCUT2D eigenvalue weighted by molar-refractivity contribution is -0.130. The number of aryl methyl sites for hydroxylation is 1. The number of carbonyl (C=O) groups is 2. The van der Waals surface area contributed by atoms with Gasteiger partial charge in [-0.05, 0) is 54.0 Å². The lowest BCUT2D eigenvalue weighted by Crippen LogP contribution is -2.48. The molecule has 1 saturated heterocycles. The topological polar surface area (TPSA) is 74.6 Å². The van der Waals surface area contributed by atoms with Gasteiger partial charge in [0, 0.05) is 58.8 Å². The molecule has 43 heavy (non-hydrogen) atoms. The summed E-state index contributed by atoms with van der Waals surface area (Å²) in [5.41, 5.74) is 1.17. The van der Waals surface area contributed by atoms with E-state index in [2.05, 4.69) is 16.8 Å². The van der Waals surface area contributed by atoms with Gasteiger partial charge in [0.25, 0.3) is 5.91 Å². The van der Waals surface area contributed by atoms with Crippen molar-refractivity contribution in [1.82, 2.24) is 29.5 Å². The molecule has 1 aromatic heterocycles. The van der Waals surface area contributed by atoms with Crippen LogP contribution < -0.4 is 0 Å². The minimum atomic E-state index is -4.68. The SMILES string of the molecule is C=CC(=O)N1C=C(CN2CCN(C(C)=O)CC2)C=C(C(F)(F)F)/C1=C/Cc1cccc([C@@H](c2nncn2C)C2CCC2)c1. The average Bonchev–Trinajstić information content (AvgIpc) is 3.38. The summed E-state index contributed by atoms with van der Waals surface area (Å²) in [6, 6.07) is 7.87. The largest absolute Gasteiger partial charge is 0.418 e. The Balaban J connectivity index is 1.42. The molecule has 0 bridgehead atoms. The number of alkyl halides is 3. The van der Waals surface area contributed by atoms with Gasteiger partial charge in [-0.2, -0.15) is 13.2 Å². The lowest BCUT2D eigenvalue weighted by Gasteiger charge is -2.36. The highest BCUT2D eigenvalue weighted by atomic mass is 19.4. The van der Waals surface area contributed by atoms with E-state index in [4.69, 9.17) is 0 Å². The first-order valence-corrected chi connectivity index (χ1v) is 14.6. The van der Waals surface area contributed by atoms with Crippen molar-refractivity contribution in [3.63, 3.8) is 0 Å². The molecule has 2 aromatic rings. The second-order valence-electron chi connectivity index (χ2n) is 11.5. The molecular formula is C32H37F3N6O2. The minimum absolute atomic E-state index is 0.0222. The predicted octanol–water partition coefficient (Wildman–Crippen LogP) is 4.74. The van der Waals surface area contributed by atoms with Crippen LogP contribution in [0.3, 0.4) is 0 Å². The number of aromatic nitrogens is 3. The minimum Gasteiger partial charge on any atom is -0.340 e. The Hall–Kier alpha value is -3.99. The molecule has 1 atom stereocenters. The number of piperazine rings is 1. The number of carbonyl (C=O) groups excluding carboxylic acids is 2. The van der Waals surface area contributed by atoms with E-state index in [1.807, 2.05) is 40.8 Å². The average molecular weight is 595 g/mol. The zero-order valence-corrected chi connectivity index (χ0v) is 24.6. The van der Waals surface area contributed by atoms with E-state index in [1.54, 1.807) is 11.2 Å². The molecule has 0 N–H and O–H groups in total. The van der Waals surface area contributed by atoms with Crippen LogP contribution in [0.15, 0.2) is 78.4 Å². The highest BCUT2D eigenvalue weighted by Crippen LogP contribution is 2.43. The van der Waals surface area contributed by atoms with Gasteiger partial charge in [0.15, 0.2) is 0 Å². The number of benzene rings is 1. The second-order valence-corrected chi connectivity index (χ2v) is 11.5. The summed E-state index contributed by atoms with van der Waals surface area (Å²) in [6.45, 7) is 7.36.